The summed E-state index contributed by atoms with van der Waals surface area (Å²) in [6.45, 7) is 2.10. The smallest absolute Gasteiger partial charge is 0.187 e. The molecule has 1 atom stereocenters. The van der Waals surface area contributed by atoms with Gasteiger partial charge in [-0.25, -0.2) is 4.98 Å². The Morgan fingerprint density at radius 2 is 2.19 bits per heavy atom. The van der Waals surface area contributed by atoms with Crippen LogP contribution in [0, 0.1) is 0 Å². The maximum absolute atomic E-state index is 10.9. The highest BCUT2D eigenvalue weighted by Gasteiger charge is 2.18. The van der Waals surface area contributed by atoms with Gasteiger partial charge in [0.2, 0.25) is 0 Å². The van der Waals surface area contributed by atoms with Gasteiger partial charge in [-0.15, -0.1) is 0 Å². The maximum atomic E-state index is 10.9. The number of hydrogen-bond acceptors (Lipinski definition) is 5. The lowest BCUT2D eigenvalue weighted by Crippen LogP contribution is -2.30. The second-order valence-corrected chi connectivity index (χ2v) is 6.11. The van der Waals surface area contributed by atoms with Crippen molar-refractivity contribution in [2.75, 3.05) is 19.1 Å². The Hall–Kier alpha value is -1.59. The zero-order chi connectivity index (χ0) is 15.4. The van der Waals surface area contributed by atoms with Crippen molar-refractivity contribution in [3.05, 3.63) is 39.9 Å². The highest BCUT2D eigenvalue weighted by molar-refractivity contribution is 7.17. The molecule has 6 heteroatoms. The second kappa shape index (κ2) is 6.91. The molecule has 0 N–H and O–H groups in total. The summed E-state index contributed by atoms with van der Waals surface area (Å²) in [5.41, 5.74) is 1.14. The zero-order valence-electron chi connectivity index (χ0n) is 12.2. The predicted octanol–water partition coefficient (Wildman–Crippen LogP) is 3.69. The Morgan fingerprint density at radius 3 is 2.81 bits per heavy atom. The third kappa shape index (κ3) is 3.54. The van der Waals surface area contributed by atoms with E-state index in [1.54, 1.807) is 7.11 Å². The molecule has 1 aromatic heterocycles. The van der Waals surface area contributed by atoms with Gasteiger partial charge >= 0.3 is 0 Å². The van der Waals surface area contributed by atoms with E-state index in [9.17, 15) is 4.79 Å². The van der Waals surface area contributed by atoms with Crippen LogP contribution in [0.4, 0.5) is 5.13 Å². The number of para-hydroxylation sites is 1. The van der Waals surface area contributed by atoms with E-state index >= 15 is 0 Å². The Morgan fingerprint density at radius 1 is 1.48 bits per heavy atom. The van der Waals surface area contributed by atoms with E-state index in [2.05, 4.69) is 18.0 Å². The maximum Gasteiger partial charge on any atom is 0.187 e. The molecule has 0 spiro atoms. The predicted molar refractivity (Wildman–Crippen MR) is 87.1 cm³/mol. The van der Waals surface area contributed by atoms with E-state index in [0.717, 1.165) is 29.2 Å². The normalized spacial score (nSPS) is 12.0. The number of methoxy groups -OCH3 is 1. The number of anilines is 1. The lowest BCUT2D eigenvalue weighted by Gasteiger charge is -2.24. The van der Waals surface area contributed by atoms with Crippen LogP contribution in [0.25, 0.3) is 0 Å². The molecule has 0 aliphatic carbocycles. The highest BCUT2D eigenvalue weighted by Crippen LogP contribution is 2.30. The lowest BCUT2D eigenvalue weighted by molar-refractivity contribution is 0.112. The number of rotatable bonds is 6. The van der Waals surface area contributed by atoms with Gasteiger partial charge in [0.15, 0.2) is 16.6 Å². The first-order valence-electron chi connectivity index (χ1n) is 6.53. The Bertz CT molecular complexity index is 630. The van der Waals surface area contributed by atoms with Crippen molar-refractivity contribution in [2.24, 2.45) is 0 Å². The molecule has 0 saturated heterocycles. The topological polar surface area (TPSA) is 42.4 Å². The number of carbonyl (C=O) groups is 1. The summed E-state index contributed by atoms with van der Waals surface area (Å²) >= 11 is 7.22. The summed E-state index contributed by atoms with van der Waals surface area (Å²) in [5, 5.41) is 1.01. The molecule has 0 radical (unpaired) electrons. The van der Waals surface area contributed by atoms with Gasteiger partial charge in [0.05, 0.1) is 7.11 Å². The molecule has 0 saturated carbocycles. The Balaban J connectivity index is 2.15. The minimum Gasteiger partial charge on any atom is -0.496 e. The minimum atomic E-state index is 0.197. The zero-order valence-corrected chi connectivity index (χ0v) is 13.7. The molecule has 1 unspecified atom stereocenters. The molecule has 0 fully saturated rings. The van der Waals surface area contributed by atoms with Crippen LogP contribution in [0.2, 0.25) is 5.15 Å². The number of aldehydes is 1. The van der Waals surface area contributed by atoms with Crippen LogP contribution in [0.3, 0.4) is 0 Å². The molecule has 2 rings (SSSR count). The van der Waals surface area contributed by atoms with Gasteiger partial charge in [-0.05, 0) is 25.0 Å². The molecule has 21 heavy (non-hydrogen) atoms. The number of carbonyl (C=O) groups excluding carboxylic acids is 1. The van der Waals surface area contributed by atoms with Crippen LogP contribution in [0.15, 0.2) is 24.3 Å². The van der Waals surface area contributed by atoms with Crippen LogP contribution in [-0.4, -0.2) is 31.5 Å². The number of hydrogen-bond donors (Lipinski definition) is 0. The van der Waals surface area contributed by atoms with E-state index in [1.165, 1.54) is 11.3 Å². The number of aromatic nitrogens is 1. The van der Waals surface area contributed by atoms with Crippen LogP contribution in [-0.2, 0) is 6.42 Å². The van der Waals surface area contributed by atoms with E-state index in [-0.39, 0.29) is 11.2 Å². The molecule has 4 nitrogen and oxygen atoms in total. The first-order chi connectivity index (χ1) is 10.1. The van der Waals surface area contributed by atoms with Crippen molar-refractivity contribution in [1.29, 1.82) is 0 Å². The summed E-state index contributed by atoms with van der Waals surface area (Å²) in [6.07, 6.45) is 1.55. The Labute approximate surface area is 133 Å². The monoisotopic (exact) mass is 324 g/mol. The fraction of sp³-hybridized carbons (Fsp3) is 0.333. The van der Waals surface area contributed by atoms with E-state index < -0.39 is 0 Å². The number of benzene rings is 1. The van der Waals surface area contributed by atoms with Gasteiger partial charge in [0.1, 0.15) is 10.6 Å². The van der Waals surface area contributed by atoms with Crippen molar-refractivity contribution in [1.82, 2.24) is 4.98 Å². The molecular formula is C15H17ClN2O2S. The molecule has 0 amide bonds. The highest BCUT2D eigenvalue weighted by atomic mass is 35.5. The van der Waals surface area contributed by atoms with Gasteiger partial charge in [-0.2, -0.15) is 0 Å². The summed E-state index contributed by atoms with van der Waals surface area (Å²) in [5.74, 6) is 0.878. The van der Waals surface area contributed by atoms with E-state index in [4.69, 9.17) is 16.3 Å². The number of nitrogens with zero attached hydrogens (tertiary/aromatic N) is 2. The molecule has 0 aliphatic heterocycles. The molecule has 1 aromatic carbocycles. The molecule has 112 valence electrons. The number of thiazole rings is 1. The van der Waals surface area contributed by atoms with Gasteiger partial charge in [0, 0.05) is 13.1 Å². The van der Waals surface area contributed by atoms with E-state index in [0.29, 0.717) is 4.88 Å². The third-order valence-electron chi connectivity index (χ3n) is 3.38. The van der Waals surface area contributed by atoms with Crippen LogP contribution in [0.1, 0.15) is 22.2 Å². The first-order valence-corrected chi connectivity index (χ1v) is 7.72. The first kappa shape index (κ1) is 15.8. The van der Waals surface area contributed by atoms with Gasteiger partial charge in [0.25, 0.3) is 0 Å². The SMILES string of the molecule is COc1ccccc1CC(C)N(C)c1nc(Cl)c(C=O)s1. The fourth-order valence-electron chi connectivity index (χ4n) is 2.04. The lowest BCUT2D eigenvalue weighted by atomic mass is 10.1. The summed E-state index contributed by atoms with van der Waals surface area (Å²) in [7, 11) is 3.62. The quantitative estimate of drug-likeness (QED) is 0.760. The number of likely N-dealkylation sites (N-methyl/N-ethyl adjacent to an activating group) is 1. The molecular weight excluding hydrogens is 308 g/mol. The molecule has 1 heterocycles. The summed E-state index contributed by atoms with van der Waals surface area (Å²) in [6, 6.07) is 8.15. The van der Waals surface area contributed by atoms with Crippen LogP contribution >= 0.6 is 22.9 Å². The second-order valence-electron chi connectivity index (χ2n) is 4.75. The number of ether oxygens (including phenoxy) is 1. The third-order valence-corrected chi connectivity index (χ3v) is 4.85. The molecule has 0 bridgehead atoms. The summed E-state index contributed by atoms with van der Waals surface area (Å²) in [4.78, 5) is 17.6. The van der Waals surface area contributed by atoms with Crippen LogP contribution in [0.5, 0.6) is 5.75 Å². The van der Waals surface area contributed by atoms with Gasteiger partial charge < -0.3 is 9.64 Å². The molecule has 2 aromatic rings. The Kier molecular flexibility index (Phi) is 5.20. The van der Waals surface area contributed by atoms with Crippen molar-refractivity contribution in [2.45, 2.75) is 19.4 Å². The van der Waals surface area contributed by atoms with Crippen LogP contribution < -0.4 is 9.64 Å². The number of halogens is 1. The van der Waals surface area contributed by atoms with E-state index in [1.807, 2.05) is 30.1 Å². The average Bonchev–Trinajstić information content (AvgIpc) is 2.88. The largest absolute Gasteiger partial charge is 0.496 e. The van der Waals surface area contributed by atoms with Crippen molar-refractivity contribution in [3.8, 4) is 5.75 Å². The standard InChI is InChI=1S/C15H17ClN2O2S/c1-10(8-11-6-4-5-7-12(11)20-3)18(2)15-17-14(16)13(9-19)21-15/h4-7,9-10H,8H2,1-3H3. The van der Waals surface area contributed by atoms with Crippen molar-refractivity contribution in [3.63, 3.8) is 0 Å². The minimum absolute atomic E-state index is 0.197. The summed E-state index contributed by atoms with van der Waals surface area (Å²) < 4.78 is 5.37. The molecule has 0 aliphatic rings. The van der Waals surface area contributed by atoms with Gasteiger partial charge in [-0.3, -0.25) is 4.79 Å². The fourth-order valence-corrected chi connectivity index (χ4v) is 3.17. The van der Waals surface area contributed by atoms with Crippen molar-refractivity contribution < 1.29 is 9.53 Å². The van der Waals surface area contributed by atoms with Crippen molar-refractivity contribution >= 4 is 34.4 Å². The average molecular weight is 325 g/mol. The van der Waals surface area contributed by atoms with Gasteiger partial charge in [-0.1, -0.05) is 41.1 Å².